The lowest BCUT2D eigenvalue weighted by Crippen LogP contribution is -2.37. The van der Waals surface area contributed by atoms with Gasteiger partial charge in [0, 0.05) is 23.3 Å². The van der Waals surface area contributed by atoms with Crippen LogP contribution in [0.1, 0.15) is 61.4 Å². The summed E-state index contributed by atoms with van der Waals surface area (Å²) < 4.78 is 15.6. The number of nitrogens with zero attached hydrogens (tertiary/aromatic N) is 5. The number of aromatic nitrogens is 4. The summed E-state index contributed by atoms with van der Waals surface area (Å²) in [5.74, 6) is -0.380. The van der Waals surface area contributed by atoms with Gasteiger partial charge in [0.25, 0.3) is 0 Å². The molecule has 3 N–H and O–H groups in total. The Morgan fingerprint density at radius 3 is 2.69 bits per heavy atom. The van der Waals surface area contributed by atoms with Crippen molar-refractivity contribution in [3.63, 3.8) is 0 Å². The van der Waals surface area contributed by atoms with Crippen LogP contribution in [0.4, 0.5) is 15.8 Å². The van der Waals surface area contributed by atoms with Crippen LogP contribution >= 0.6 is 11.6 Å². The lowest BCUT2D eigenvalue weighted by molar-refractivity contribution is 0.124. The molecule has 2 saturated carbocycles. The molecule has 0 spiro atoms. The van der Waals surface area contributed by atoms with E-state index in [0.717, 1.165) is 32.1 Å². The van der Waals surface area contributed by atoms with E-state index >= 15 is 0 Å². The van der Waals surface area contributed by atoms with Crippen molar-refractivity contribution in [3.8, 4) is 6.07 Å². The van der Waals surface area contributed by atoms with Gasteiger partial charge < -0.3 is 15.7 Å². The van der Waals surface area contributed by atoms with Gasteiger partial charge in [0.15, 0.2) is 0 Å². The minimum absolute atomic E-state index is 0.00659. The van der Waals surface area contributed by atoms with Crippen molar-refractivity contribution >= 4 is 41.7 Å². The Morgan fingerprint density at radius 1 is 1.18 bits per heavy atom. The third-order valence-electron chi connectivity index (χ3n) is 7.52. The molecule has 3 atom stereocenters. The molecule has 4 aromatic rings. The number of nitriles is 1. The lowest BCUT2D eigenvalue weighted by Gasteiger charge is -2.32. The molecule has 0 bridgehead atoms. The van der Waals surface area contributed by atoms with E-state index in [1.165, 1.54) is 18.3 Å². The summed E-state index contributed by atoms with van der Waals surface area (Å²) in [5.41, 5.74) is 1.77. The van der Waals surface area contributed by atoms with Crippen molar-refractivity contribution in [1.82, 2.24) is 20.0 Å². The Labute approximate surface area is 231 Å². The van der Waals surface area contributed by atoms with Gasteiger partial charge in [0.1, 0.15) is 25.4 Å². The molecule has 2 radical (unpaired) electrons. The SMILES string of the molecule is [B]C(Nc1cc(Cl)c2ncc(C#N)c(N[C@@H]3CCC[C@H](O)C3)c2c1)(c1ccc(F)cc1)c1cn(C2CC2)nn1. The number of rotatable bonds is 7. The van der Waals surface area contributed by atoms with Gasteiger partial charge in [0.05, 0.1) is 45.6 Å². The lowest BCUT2D eigenvalue weighted by atomic mass is 9.69. The normalized spacial score (nSPS) is 20.8. The average Bonchev–Trinajstić information content (AvgIpc) is 3.65. The number of aliphatic hydroxyl groups excluding tert-OH is 1. The van der Waals surface area contributed by atoms with Gasteiger partial charge in [-0.2, -0.15) is 5.26 Å². The average molecular weight is 542 g/mol. The molecule has 6 rings (SSSR count). The highest BCUT2D eigenvalue weighted by Crippen LogP contribution is 2.39. The fourth-order valence-corrected chi connectivity index (χ4v) is 5.54. The second kappa shape index (κ2) is 10.1. The molecule has 196 valence electrons. The van der Waals surface area contributed by atoms with E-state index in [9.17, 15) is 14.8 Å². The van der Waals surface area contributed by atoms with Gasteiger partial charge >= 0.3 is 0 Å². The molecule has 2 aliphatic rings. The quantitative estimate of drug-likeness (QED) is 0.282. The van der Waals surface area contributed by atoms with Crippen molar-refractivity contribution in [1.29, 1.82) is 5.26 Å². The summed E-state index contributed by atoms with van der Waals surface area (Å²) in [4.78, 5) is 4.44. The van der Waals surface area contributed by atoms with E-state index in [4.69, 9.17) is 19.4 Å². The number of hydrogen-bond donors (Lipinski definition) is 3. The first-order chi connectivity index (χ1) is 18.8. The van der Waals surface area contributed by atoms with Crippen molar-refractivity contribution < 1.29 is 9.50 Å². The Morgan fingerprint density at radius 2 is 1.97 bits per heavy atom. The monoisotopic (exact) mass is 541 g/mol. The van der Waals surface area contributed by atoms with Crippen LogP contribution in [0, 0.1) is 17.1 Å². The van der Waals surface area contributed by atoms with E-state index in [2.05, 4.69) is 32.0 Å². The Kier molecular flexibility index (Phi) is 6.65. The Balaban J connectivity index is 1.44. The van der Waals surface area contributed by atoms with Gasteiger partial charge in [0.2, 0.25) is 0 Å². The first kappa shape index (κ1) is 25.6. The molecule has 1 unspecified atom stereocenters. The summed E-state index contributed by atoms with van der Waals surface area (Å²) >= 11 is 6.72. The smallest absolute Gasteiger partial charge is 0.123 e. The third-order valence-corrected chi connectivity index (χ3v) is 7.80. The number of nitrogens with one attached hydrogen (secondary N) is 2. The summed E-state index contributed by atoms with van der Waals surface area (Å²) in [5, 5.41) is 36.5. The first-order valence-corrected chi connectivity index (χ1v) is 13.4. The van der Waals surface area contributed by atoms with Crippen molar-refractivity contribution in [3.05, 3.63) is 76.5 Å². The van der Waals surface area contributed by atoms with E-state index in [1.807, 2.05) is 12.3 Å². The minimum Gasteiger partial charge on any atom is -0.393 e. The Hall–Kier alpha value is -3.68. The van der Waals surface area contributed by atoms with E-state index < -0.39 is 5.44 Å². The van der Waals surface area contributed by atoms with Crippen LogP contribution in [0.5, 0.6) is 0 Å². The summed E-state index contributed by atoms with van der Waals surface area (Å²) in [6, 6.07) is 12.0. The van der Waals surface area contributed by atoms with Gasteiger partial charge in [-0.15, -0.1) is 5.10 Å². The molecule has 2 fully saturated rings. The number of halogens is 2. The molecule has 2 heterocycles. The highest BCUT2D eigenvalue weighted by Gasteiger charge is 2.34. The van der Waals surface area contributed by atoms with Crippen LogP contribution in [0.25, 0.3) is 10.9 Å². The zero-order valence-electron chi connectivity index (χ0n) is 21.1. The predicted octanol–water partition coefficient (Wildman–Crippen LogP) is 5.02. The second-order valence-corrected chi connectivity index (χ2v) is 10.8. The molecule has 2 aromatic carbocycles. The van der Waals surface area contributed by atoms with Crippen LogP contribution in [0.15, 0.2) is 48.8 Å². The Bertz CT molecular complexity index is 1570. The van der Waals surface area contributed by atoms with Crippen LogP contribution in [0.2, 0.25) is 5.02 Å². The topological polar surface area (TPSA) is 112 Å². The number of fused-ring (bicyclic) bond motifs is 1. The fraction of sp³-hybridized carbons (Fsp3) is 0.357. The zero-order chi connectivity index (χ0) is 27.1. The first-order valence-electron chi connectivity index (χ1n) is 13.1. The number of aliphatic hydroxyl groups is 1. The van der Waals surface area contributed by atoms with Crippen molar-refractivity contribution in [2.75, 3.05) is 10.6 Å². The molecule has 0 aliphatic heterocycles. The van der Waals surface area contributed by atoms with Crippen LogP contribution in [-0.2, 0) is 5.44 Å². The molecule has 2 aliphatic carbocycles. The highest BCUT2D eigenvalue weighted by atomic mass is 35.5. The van der Waals surface area contributed by atoms with E-state index in [1.54, 1.807) is 22.9 Å². The molecular weight excluding hydrogens is 516 g/mol. The number of benzene rings is 2. The standard InChI is InChI=1S/C28H26BClFN7O/c29-28(17-4-6-18(31)7-5-17,25-15-38(37-36-25)21-8-9-21)35-20-11-23-26(34-19-2-1-3-22(39)10-19)16(13-32)14-33-27(23)24(30)12-20/h4-7,11-12,14-15,19,21-22,35,39H,1-3,8-10H2,(H,33,34)/t19-,22+,28?/m1/s1. The predicted molar refractivity (Wildman–Crippen MR) is 148 cm³/mol. The van der Waals surface area contributed by atoms with Crippen molar-refractivity contribution in [2.45, 2.75) is 62.2 Å². The maximum absolute atomic E-state index is 13.8. The van der Waals surface area contributed by atoms with Gasteiger partial charge in [-0.1, -0.05) is 28.9 Å². The summed E-state index contributed by atoms with van der Waals surface area (Å²) in [7, 11) is 7.01. The fourth-order valence-electron chi connectivity index (χ4n) is 5.27. The van der Waals surface area contributed by atoms with E-state index in [0.29, 0.717) is 56.6 Å². The van der Waals surface area contributed by atoms with Crippen LogP contribution < -0.4 is 10.6 Å². The molecule has 0 amide bonds. The van der Waals surface area contributed by atoms with Crippen molar-refractivity contribution in [2.24, 2.45) is 0 Å². The molecule has 2 aromatic heterocycles. The van der Waals surface area contributed by atoms with Crippen LogP contribution in [-0.4, -0.2) is 45.1 Å². The number of anilines is 2. The molecular formula is C28H26BClFN7O. The van der Waals surface area contributed by atoms with Gasteiger partial charge in [-0.05, 0) is 68.4 Å². The molecule has 39 heavy (non-hydrogen) atoms. The maximum Gasteiger partial charge on any atom is 0.123 e. The molecule has 11 heteroatoms. The van der Waals surface area contributed by atoms with Gasteiger partial charge in [-0.3, -0.25) is 4.98 Å². The number of hydrogen-bond acceptors (Lipinski definition) is 7. The molecule has 0 saturated heterocycles. The maximum atomic E-state index is 13.8. The minimum atomic E-state index is -1.36. The van der Waals surface area contributed by atoms with E-state index in [-0.39, 0.29) is 18.0 Å². The highest BCUT2D eigenvalue weighted by molar-refractivity contribution is 6.36. The zero-order valence-corrected chi connectivity index (χ0v) is 21.9. The number of pyridine rings is 1. The second-order valence-electron chi connectivity index (χ2n) is 10.4. The largest absolute Gasteiger partial charge is 0.393 e. The van der Waals surface area contributed by atoms with Crippen LogP contribution in [0.3, 0.4) is 0 Å². The molecule has 8 nitrogen and oxygen atoms in total. The summed E-state index contributed by atoms with van der Waals surface area (Å²) in [6.07, 6.45) is 8.14. The summed E-state index contributed by atoms with van der Waals surface area (Å²) in [6.45, 7) is 0. The van der Waals surface area contributed by atoms with Gasteiger partial charge in [-0.25, -0.2) is 9.07 Å². The third kappa shape index (κ3) is 5.04.